The third kappa shape index (κ3) is 4.16. The van der Waals surface area contributed by atoms with Crippen molar-refractivity contribution in [3.63, 3.8) is 0 Å². The van der Waals surface area contributed by atoms with E-state index >= 15 is 0 Å². The largest absolute Gasteiger partial charge is 0.384 e. The number of benzene rings is 1. The molecule has 0 aliphatic rings. The molecule has 0 spiro atoms. The number of primary amides is 1. The van der Waals surface area contributed by atoms with Gasteiger partial charge >= 0.3 is 0 Å². The van der Waals surface area contributed by atoms with Crippen LogP contribution in [0.5, 0.6) is 0 Å². The molecule has 0 saturated heterocycles. The Morgan fingerprint density at radius 2 is 1.96 bits per heavy atom. The van der Waals surface area contributed by atoms with Crippen LogP contribution in [-0.2, 0) is 16.1 Å². The summed E-state index contributed by atoms with van der Waals surface area (Å²) in [6.45, 7) is 7.17. The van der Waals surface area contributed by atoms with E-state index in [4.69, 9.17) is 11.5 Å². The van der Waals surface area contributed by atoms with E-state index in [1.165, 1.54) is 17.9 Å². The van der Waals surface area contributed by atoms with Crippen molar-refractivity contribution in [1.82, 2.24) is 9.88 Å². The monoisotopic (exact) mass is 350 g/mol. The first kappa shape index (κ1) is 18.9. The Morgan fingerprint density at radius 3 is 2.54 bits per heavy atom. The Labute approximate surface area is 152 Å². The molecule has 1 heterocycles. The van der Waals surface area contributed by atoms with Crippen LogP contribution in [0.3, 0.4) is 0 Å². The second-order valence-corrected chi connectivity index (χ2v) is 5.74. The number of anilines is 1. The number of carbonyl (C=O) groups excluding carboxylic acids is 2. The third-order valence-electron chi connectivity index (χ3n) is 3.86. The fourth-order valence-electron chi connectivity index (χ4n) is 2.65. The van der Waals surface area contributed by atoms with E-state index < -0.39 is 5.91 Å². The number of hydrogen-bond acceptors (Lipinski definition) is 4. The van der Waals surface area contributed by atoms with E-state index in [0.717, 1.165) is 16.5 Å². The van der Waals surface area contributed by atoms with Gasteiger partial charge in [0.25, 0.3) is 5.91 Å². The van der Waals surface area contributed by atoms with Crippen molar-refractivity contribution < 1.29 is 9.59 Å². The molecule has 2 aromatic rings. The number of hydrogen-bond donors (Lipinski definition) is 2. The molecule has 0 unspecified atom stereocenters. The minimum atomic E-state index is -0.628. The lowest BCUT2D eigenvalue weighted by Gasteiger charge is -2.24. The Hall–Kier alpha value is -3.41. The summed E-state index contributed by atoms with van der Waals surface area (Å²) in [4.78, 5) is 29.8. The zero-order valence-corrected chi connectivity index (χ0v) is 14.9. The van der Waals surface area contributed by atoms with Crippen LogP contribution in [0.15, 0.2) is 66.4 Å². The maximum atomic E-state index is 12.2. The summed E-state index contributed by atoms with van der Waals surface area (Å²) in [5, 5.41) is 0.948. The number of nitrogens with zero attached hydrogens (tertiary/aromatic N) is 2. The summed E-state index contributed by atoms with van der Waals surface area (Å²) in [7, 11) is 0. The van der Waals surface area contributed by atoms with Gasteiger partial charge in [-0.05, 0) is 36.8 Å². The van der Waals surface area contributed by atoms with Crippen LogP contribution in [0, 0.1) is 0 Å². The molecule has 0 saturated carbocycles. The second kappa shape index (κ2) is 8.11. The quantitative estimate of drug-likeness (QED) is 0.617. The molecule has 0 radical (unpaired) electrons. The van der Waals surface area contributed by atoms with E-state index in [0.29, 0.717) is 11.5 Å². The normalized spacial score (nSPS) is 12.1. The molecule has 0 aliphatic carbocycles. The van der Waals surface area contributed by atoms with Gasteiger partial charge in [0.2, 0.25) is 5.91 Å². The predicted octanol–water partition coefficient (Wildman–Crippen LogP) is 2.67. The molecule has 2 rings (SSSR count). The topological polar surface area (TPSA) is 102 Å². The molecular weight excluding hydrogens is 328 g/mol. The third-order valence-corrected chi connectivity index (χ3v) is 3.86. The second-order valence-electron chi connectivity index (χ2n) is 5.74. The molecule has 0 atom stereocenters. The van der Waals surface area contributed by atoms with Crippen LogP contribution in [0.4, 0.5) is 5.82 Å². The highest BCUT2D eigenvalue weighted by Gasteiger charge is 2.18. The van der Waals surface area contributed by atoms with Crippen molar-refractivity contribution in [1.29, 1.82) is 0 Å². The van der Waals surface area contributed by atoms with Crippen molar-refractivity contribution in [2.75, 3.05) is 5.73 Å². The highest BCUT2D eigenvalue weighted by molar-refractivity contribution is 5.97. The highest BCUT2D eigenvalue weighted by Crippen LogP contribution is 2.21. The van der Waals surface area contributed by atoms with Gasteiger partial charge < -0.3 is 16.4 Å². The van der Waals surface area contributed by atoms with Gasteiger partial charge in [-0.15, -0.1) is 0 Å². The molecule has 0 aliphatic heterocycles. The maximum absolute atomic E-state index is 12.2. The lowest BCUT2D eigenvalue weighted by Crippen LogP contribution is -2.30. The summed E-state index contributed by atoms with van der Waals surface area (Å²) in [5.74, 6) is -0.435. The number of allylic oxidation sites excluding steroid dienone is 2. The first-order chi connectivity index (χ1) is 12.4. The minimum Gasteiger partial charge on any atom is -0.384 e. The SMILES string of the molecule is C=C/C(=C(\C=C/C)C(N)=O)N(Cc1ccc2ccc(N)nc2c1)C(C)=O. The van der Waals surface area contributed by atoms with Gasteiger partial charge in [0, 0.05) is 12.3 Å². The van der Waals surface area contributed by atoms with Crippen LogP contribution in [0.1, 0.15) is 19.4 Å². The maximum Gasteiger partial charge on any atom is 0.250 e. The molecule has 1 aromatic heterocycles. The minimum absolute atomic E-state index is 0.223. The van der Waals surface area contributed by atoms with Gasteiger partial charge in [0.05, 0.1) is 23.3 Å². The summed E-state index contributed by atoms with van der Waals surface area (Å²) in [5.41, 5.74) is 13.4. The molecule has 4 N–H and O–H groups in total. The first-order valence-electron chi connectivity index (χ1n) is 8.09. The van der Waals surface area contributed by atoms with Crippen LogP contribution >= 0.6 is 0 Å². The van der Waals surface area contributed by atoms with E-state index in [1.807, 2.05) is 24.3 Å². The standard InChI is InChI=1S/C20H22N4O2/c1-4-6-16(20(22)26)18(5-2)24(13(3)25)12-14-7-8-15-9-10-19(21)23-17(15)11-14/h4-11H,2,12H2,1,3H3,(H2,21,23)(H2,22,26)/b6-4-,18-16-. The Balaban J connectivity index is 2.50. The number of carbonyl (C=O) groups is 2. The fourth-order valence-corrected chi connectivity index (χ4v) is 2.65. The molecule has 1 aromatic carbocycles. The van der Waals surface area contributed by atoms with E-state index in [1.54, 1.807) is 25.1 Å². The number of nitrogens with two attached hydrogens (primary N) is 2. The van der Waals surface area contributed by atoms with E-state index in [9.17, 15) is 9.59 Å². The molecule has 0 bridgehead atoms. The molecule has 26 heavy (non-hydrogen) atoms. The highest BCUT2D eigenvalue weighted by atomic mass is 16.2. The zero-order chi connectivity index (χ0) is 19.3. The number of rotatable bonds is 6. The van der Waals surface area contributed by atoms with Crippen LogP contribution < -0.4 is 11.5 Å². The zero-order valence-electron chi connectivity index (χ0n) is 14.9. The van der Waals surface area contributed by atoms with Crippen molar-refractivity contribution in [2.45, 2.75) is 20.4 Å². The number of fused-ring (bicyclic) bond motifs is 1. The first-order valence-corrected chi connectivity index (χ1v) is 8.09. The fraction of sp³-hybridized carbons (Fsp3) is 0.150. The van der Waals surface area contributed by atoms with Crippen LogP contribution in [-0.4, -0.2) is 21.7 Å². The summed E-state index contributed by atoms with van der Waals surface area (Å²) in [6, 6.07) is 9.29. The van der Waals surface area contributed by atoms with Gasteiger partial charge in [-0.1, -0.05) is 30.9 Å². The molecule has 134 valence electrons. The lowest BCUT2D eigenvalue weighted by atomic mass is 10.1. The van der Waals surface area contributed by atoms with Crippen molar-refractivity contribution >= 4 is 28.5 Å². The average molecular weight is 350 g/mol. The molecule has 0 fully saturated rings. The molecular formula is C20H22N4O2. The Bertz CT molecular complexity index is 929. The number of pyridine rings is 1. The van der Waals surface area contributed by atoms with Crippen LogP contribution in [0.2, 0.25) is 0 Å². The number of amides is 2. The predicted molar refractivity (Wildman–Crippen MR) is 104 cm³/mol. The smallest absolute Gasteiger partial charge is 0.250 e. The van der Waals surface area contributed by atoms with Crippen molar-refractivity contribution in [3.8, 4) is 0 Å². The Kier molecular flexibility index (Phi) is 5.90. The van der Waals surface area contributed by atoms with Gasteiger partial charge in [0.15, 0.2) is 0 Å². The average Bonchev–Trinajstić information content (AvgIpc) is 2.59. The van der Waals surface area contributed by atoms with Gasteiger partial charge in [-0.3, -0.25) is 9.59 Å². The lowest BCUT2D eigenvalue weighted by molar-refractivity contribution is -0.127. The number of aromatic nitrogens is 1. The van der Waals surface area contributed by atoms with Crippen LogP contribution in [0.25, 0.3) is 10.9 Å². The molecule has 2 amide bonds. The Morgan fingerprint density at radius 1 is 1.27 bits per heavy atom. The molecule has 6 nitrogen and oxygen atoms in total. The van der Waals surface area contributed by atoms with E-state index in [-0.39, 0.29) is 18.0 Å². The van der Waals surface area contributed by atoms with Gasteiger partial charge in [-0.2, -0.15) is 0 Å². The van der Waals surface area contributed by atoms with Crippen molar-refractivity contribution in [2.24, 2.45) is 5.73 Å². The number of nitrogen functional groups attached to an aromatic ring is 1. The summed E-state index contributed by atoms with van der Waals surface area (Å²) >= 11 is 0. The summed E-state index contributed by atoms with van der Waals surface area (Å²) in [6.07, 6.45) is 4.71. The molecule has 6 heteroatoms. The van der Waals surface area contributed by atoms with E-state index in [2.05, 4.69) is 11.6 Å². The summed E-state index contributed by atoms with van der Waals surface area (Å²) < 4.78 is 0. The van der Waals surface area contributed by atoms with Crippen molar-refractivity contribution in [3.05, 3.63) is 72.0 Å². The van der Waals surface area contributed by atoms with Gasteiger partial charge in [0.1, 0.15) is 5.82 Å². The van der Waals surface area contributed by atoms with Gasteiger partial charge in [-0.25, -0.2) is 4.98 Å².